The first-order valence-corrected chi connectivity index (χ1v) is 10.2. The van der Waals surface area contributed by atoms with Gasteiger partial charge in [0.25, 0.3) is 11.8 Å². The molecule has 0 saturated heterocycles. The largest absolute Gasteiger partial charge is 0.497 e. The Kier molecular flexibility index (Phi) is 7.75. The van der Waals surface area contributed by atoms with Gasteiger partial charge in [0.05, 0.1) is 33.6 Å². The summed E-state index contributed by atoms with van der Waals surface area (Å²) in [5, 5.41) is 5.56. The highest BCUT2D eigenvalue weighted by Crippen LogP contribution is 2.27. The molecule has 1 heterocycles. The fraction of sp³-hybridized carbons (Fsp3) is 0.200. The summed E-state index contributed by atoms with van der Waals surface area (Å²) in [5.74, 6) is 1.08. The lowest BCUT2D eigenvalue weighted by Crippen LogP contribution is -2.36. The zero-order valence-corrected chi connectivity index (χ0v) is 18.9. The second kappa shape index (κ2) is 10.9. The first-order chi connectivity index (χ1) is 15.9. The van der Waals surface area contributed by atoms with Crippen LogP contribution in [0.15, 0.2) is 71.0 Å². The maximum absolute atomic E-state index is 13.1. The number of amides is 2. The van der Waals surface area contributed by atoms with Crippen molar-refractivity contribution in [3.05, 3.63) is 83.4 Å². The molecule has 1 atom stereocenters. The number of nitrogens with one attached hydrogen (secondary N) is 2. The van der Waals surface area contributed by atoms with Crippen LogP contribution in [0.2, 0.25) is 0 Å². The van der Waals surface area contributed by atoms with E-state index in [1.54, 1.807) is 31.4 Å². The molecule has 2 N–H and O–H groups in total. The fourth-order valence-electron chi connectivity index (χ4n) is 3.10. The van der Waals surface area contributed by atoms with Crippen LogP contribution in [-0.4, -0.2) is 33.1 Å². The quantitative estimate of drug-likeness (QED) is 0.479. The molecule has 0 unspecified atom stereocenters. The van der Waals surface area contributed by atoms with Crippen LogP contribution in [0.5, 0.6) is 17.2 Å². The highest BCUT2D eigenvalue weighted by Gasteiger charge is 2.19. The second-order valence-electron chi connectivity index (χ2n) is 7.07. The van der Waals surface area contributed by atoms with E-state index in [0.29, 0.717) is 22.8 Å². The normalized spacial score (nSPS) is 11.9. The molecular weight excluding hydrogens is 424 g/mol. The van der Waals surface area contributed by atoms with Gasteiger partial charge in [-0.15, -0.1) is 0 Å². The van der Waals surface area contributed by atoms with Gasteiger partial charge >= 0.3 is 0 Å². The van der Waals surface area contributed by atoms with Crippen molar-refractivity contribution in [2.75, 3.05) is 21.3 Å². The Morgan fingerprint density at radius 2 is 1.67 bits per heavy atom. The van der Waals surface area contributed by atoms with Gasteiger partial charge in [-0.2, -0.15) is 0 Å². The molecule has 3 aromatic rings. The molecule has 0 radical (unpaired) electrons. The molecule has 0 fully saturated rings. The van der Waals surface area contributed by atoms with Gasteiger partial charge in [-0.25, -0.2) is 0 Å². The van der Waals surface area contributed by atoms with Crippen molar-refractivity contribution in [2.24, 2.45) is 0 Å². The van der Waals surface area contributed by atoms with E-state index >= 15 is 0 Å². The number of benzene rings is 2. The van der Waals surface area contributed by atoms with Gasteiger partial charge in [-0.05, 0) is 55.0 Å². The van der Waals surface area contributed by atoms with E-state index in [4.69, 9.17) is 18.6 Å². The van der Waals surface area contributed by atoms with Gasteiger partial charge in [0, 0.05) is 11.6 Å². The van der Waals surface area contributed by atoms with Crippen molar-refractivity contribution in [1.29, 1.82) is 0 Å². The summed E-state index contributed by atoms with van der Waals surface area (Å²) < 4.78 is 21.0. The van der Waals surface area contributed by atoms with Crippen molar-refractivity contribution in [3.63, 3.8) is 0 Å². The maximum atomic E-state index is 13.1. The summed E-state index contributed by atoms with van der Waals surface area (Å²) in [7, 11) is 4.58. The lowest BCUT2D eigenvalue weighted by atomic mass is 10.1. The molecule has 2 amide bonds. The third-order valence-corrected chi connectivity index (χ3v) is 4.93. The molecule has 0 aliphatic carbocycles. The maximum Gasteiger partial charge on any atom is 0.268 e. The number of rotatable bonds is 9. The van der Waals surface area contributed by atoms with Crippen LogP contribution in [0.3, 0.4) is 0 Å². The molecule has 0 aliphatic heterocycles. The highest BCUT2D eigenvalue weighted by molar-refractivity contribution is 6.05. The lowest BCUT2D eigenvalue weighted by molar-refractivity contribution is -0.118. The van der Waals surface area contributed by atoms with Crippen LogP contribution in [-0.2, 0) is 4.79 Å². The Labute approximate surface area is 192 Å². The standard InChI is InChI=1S/C25H26N2O6/c1-16(17-7-10-19(30-2)11-8-17)26-25(29)21(15-20-6-5-13-33-20)27-24(28)18-9-12-22(31-3)23(14-18)32-4/h5-16H,1-4H3,(H,26,29)(H,27,28)/b21-15-/t16-/m0/s1. The average Bonchev–Trinajstić information content (AvgIpc) is 3.36. The van der Waals surface area contributed by atoms with Gasteiger partial charge in [-0.1, -0.05) is 12.1 Å². The Bertz CT molecular complexity index is 1120. The Balaban J connectivity index is 1.81. The fourth-order valence-corrected chi connectivity index (χ4v) is 3.10. The third kappa shape index (κ3) is 5.94. The summed E-state index contributed by atoms with van der Waals surface area (Å²) in [6, 6.07) is 15.2. The van der Waals surface area contributed by atoms with Crippen molar-refractivity contribution >= 4 is 17.9 Å². The molecule has 33 heavy (non-hydrogen) atoms. The zero-order chi connectivity index (χ0) is 23.8. The van der Waals surface area contributed by atoms with Gasteiger partial charge in [-0.3, -0.25) is 9.59 Å². The Morgan fingerprint density at radius 1 is 0.939 bits per heavy atom. The molecule has 0 aliphatic rings. The van der Waals surface area contributed by atoms with Gasteiger partial charge in [0.1, 0.15) is 17.2 Å². The van der Waals surface area contributed by atoms with Gasteiger partial charge in [0.15, 0.2) is 11.5 Å². The molecule has 8 nitrogen and oxygen atoms in total. The smallest absolute Gasteiger partial charge is 0.268 e. The number of ether oxygens (including phenoxy) is 3. The molecule has 172 valence electrons. The SMILES string of the molecule is COc1ccc([C@H](C)NC(=O)/C(=C/c2ccco2)NC(=O)c2ccc(OC)c(OC)c2)cc1. The predicted octanol–water partition coefficient (Wildman–Crippen LogP) is 3.95. The van der Waals surface area contributed by atoms with Crippen LogP contribution in [0, 0.1) is 0 Å². The van der Waals surface area contributed by atoms with Crippen molar-refractivity contribution < 1.29 is 28.2 Å². The summed E-state index contributed by atoms with van der Waals surface area (Å²) in [5.41, 5.74) is 1.21. The minimum absolute atomic E-state index is 0.0325. The minimum atomic E-state index is -0.485. The number of methoxy groups -OCH3 is 3. The predicted molar refractivity (Wildman–Crippen MR) is 123 cm³/mol. The summed E-state index contributed by atoms with van der Waals surface area (Å²) in [6.45, 7) is 1.85. The van der Waals surface area contributed by atoms with E-state index in [-0.39, 0.29) is 11.7 Å². The number of carbonyl (C=O) groups excluding carboxylic acids is 2. The van der Waals surface area contributed by atoms with Gasteiger partial charge in [0.2, 0.25) is 0 Å². The number of hydrogen-bond donors (Lipinski definition) is 2. The van der Waals surface area contributed by atoms with E-state index < -0.39 is 11.8 Å². The molecule has 0 bridgehead atoms. The summed E-state index contributed by atoms with van der Waals surface area (Å²) in [6.07, 6.45) is 2.95. The van der Waals surface area contributed by atoms with Crippen LogP contribution < -0.4 is 24.8 Å². The van der Waals surface area contributed by atoms with E-state index in [1.807, 2.05) is 31.2 Å². The Morgan fingerprint density at radius 3 is 2.27 bits per heavy atom. The second-order valence-corrected chi connectivity index (χ2v) is 7.07. The first kappa shape index (κ1) is 23.5. The third-order valence-electron chi connectivity index (χ3n) is 4.93. The van der Waals surface area contributed by atoms with Crippen LogP contribution in [0.4, 0.5) is 0 Å². The molecule has 3 rings (SSSR count). The van der Waals surface area contributed by atoms with Crippen molar-refractivity contribution in [2.45, 2.75) is 13.0 Å². The summed E-state index contributed by atoms with van der Waals surface area (Å²) in [4.78, 5) is 26.0. The molecule has 2 aromatic carbocycles. The van der Waals surface area contributed by atoms with E-state index in [9.17, 15) is 9.59 Å². The van der Waals surface area contributed by atoms with Crippen molar-refractivity contribution in [1.82, 2.24) is 10.6 Å². The van der Waals surface area contributed by atoms with E-state index in [0.717, 1.165) is 11.3 Å². The number of furan rings is 1. The average molecular weight is 450 g/mol. The molecular formula is C25H26N2O6. The first-order valence-electron chi connectivity index (χ1n) is 10.2. The highest BCUT2D eigenvalue weighted by atomic mass is 16.5. The topological polar surface area (TPSA) is 99.0 Å². The molecule has 0 spiro atoms. The number of carbonyl (C=O) groups is 2. The lowest BCUT2D eigenvalue weighted by Gasteiger charge is -2.17. The monoisotopic (exact) mass is 450 g/mol. The molecule has 8 heteroatoms. The van der Waals surface area contributed by atoms with E-state index in [1.165, 1.54) is 32.6 Å². The summed E-state index contributed by atoms with van der Waals surface area (Å²) >= 11 is 0. The van der Waals surface area contributed by atoms with E-state index in [2.05, 4.69) is 10.6 Å². The zero-order valence-electron chi connectivity index (χ0n) is 18.9. The van der Waals surface area contributed by atoms with Gasteiger partial charge < -0.3 is 29.3 Å². The molecule has 0 saturated carbocycles. The molecule has 1 aromatic heterocycles. The number of hydrogen-bond acceptors (Lipinski definition) is 6. The Hall–Kier alpha value is -4.20. The van der Waals surface area contributed by atoms with Crippen LogP contribution in [0.25, 0.3) is 6.08 Å². The van der Waals surface area contributed by atoms with Crippen molar-refractivity contribution in [3.8, 4) is 17.2 Å². The minimum Gasteiger partial charge on any atom is -0.497 e. The van der Waals surface area contributed by atoms with Crippen LogP contribution in [0.1, 0.15) is 34.6 Å². The van der Waals surface area contributed by atoms with Crippen LogP contribution >= 0.6 is 0 Å².